The fourth-order valence-corrected chi connectivity index (χ4v) is 2.87. The first-order chi connectivity index (χ1) is 13.4. The van der Waals surface area contributed by atoms with Gasteiger partial charge in [-0.05, 0) is 31.2 Å². The van der Waals surface area contributed by atoms with Crippen LogP contribution >= 0.6 is 0 Å². The van der Waals surface area contributed by atoms with Crippen molar-refractivity contribution in [3.63, 3.8) is 0 Å². The lowest BCUT2D eigenvalue weighted by Gasteiger charge is -2.12. The van der Waals surface area contributed by atoms with E-state index in [9.17, 15) is 0 Å². The number of hydrogen-bond acceptors (Lipinski definition) is 4. The molecule has 0 spiro atoms. The molecule has 0 bridgehead atoms. The number of benzene rings is 1. The maximum Gasteiger partial charge on any atom is 0.190 e. The quantitative estimate of drug-likeness (QED) is 0.314. The Morgan fingerprint density at radius 2 is 1.85 bits per heavy atom. The molecule has 1 aliphatic rings. The second-order valence-corrected chi connectivity index (χ2v) is 6.83. The summed E-state index contributed by atoms with van der Waals surface area (Å²) in [6, 6.07) is 10.3. The van der Waals surface area contributed by atoms with Crippen molar-refractivity contribution in [2.75, 3.05) is 53.2 Å². The summed E-state index contributed by atoms with van der Waals surface area (Å²) in [4.78, 5) is 4.25. The Kier molecular flexibility index (Phi) is 11.6. The van der Waals surface area contributed by atoms with Gasteiger partial charge >= 0.3 is 0 Å². The number of unbranched alkanes of at least 4 members (excludes halogenated alkanes) is 1. The van der Waals surface area contributed by atoms with Gasteiger partial charge in [0.15, 0.2) is 5.96 Å². The van der Waals surface area contributed by atoms with E-state index < -0.39 is 0 Å². The van der Waals surface area contributed by atoms with Crippen LogP contribution in [0.25, 0.3) is 0 Å². The summed E-state index contributed by atoms with van der Waals surface area (Å²) in [7, 11) is 1.80. The van der Waals surface area contributed by atoms with Crippen molar-refractivity contribution in [3.05, 3.63) is 35.9 Å². The third-order valence-corrected chi connectivity index (χ3v) is 4.48. The minimum Gasteiger partial charge on any atom is -0.381 e. The van der Waals surface area contributed by atoms with E-state index in [2.05, 4.69) is 27.8 Å². The Morgan fingerprint density at radius 1 is 1.07 bits per heavy atom. The first-order valence-electron chi connectivity index (χ1n) is 10.1. The summed E-state index contributed by atoms with van der Waals surface area (Å²) < 4.78 is 16.7. The van der Waals surface area contributed by atoms with Gasteiger partial charge in [0.2, 0.25) is 0 Å². The van der Waals surface area contributed by atoms with Crippen molar-refractivity contribution >= 4 is 5.96 Å². The topological polar surface area (TPSA) is 64.1 Å². The molecule has 152 valence electrons. The lowest BCUT2D eigenvalue weighted by molar-refractivity contribution is 0.0888. The number of rotatable bonds is 13. The molecule has 1 aromatic rings. The second-order valence-electron chi connectivity index (χ2n) is 6.83. The van der Waals surface area contributed by atoms with Crippen molar-refractivity contribution < 1.29 is 14.2 Å². The van der Waals surface area contributed by atoms with E-state index in [0.29, 0.717) is 12.5 Å². The molecule has 1 atom stereocenters. The van der Waals surface area contributed by atoms with Gasteiger partial charge in [0.1, 0.15) is 0 Å². The highest BCUT2D eigenvalue weighted by Gasteiger charge is 2.15. The van der Waals surface area contributed by atoms with Crippen LogP contribution in [-0.2, 0) is 20.8 Å². The zero-order valence-electron chi connectivity index (χ0n) is 16.6. The van der Waals surface area contributed by atoms with Crippen LogP contribution in [0.2, 0.25) is 0 Å². The molecule has 1 unspecified atom stereocenters. The number of hydrogen-bond donors (Lipinski definition) is 2. The number of nitrogens with one attached hydrogen (secondary N) is 2. The molecule has 2 N–H and O–H groups in total. The SMILES string of the molecule is CN=C(NCCCCOCc1ccccc1)NCCCOCC1CCOC1. The van der Waals surface area contributed by atoms with E-state index in [4.69, 9.17) is 14.2 Å². The molecule has 0 radical (unpaired) electrons. The van der Waals surface area contributed by atoms with E-state index in [-0.39, 0.29) is 0 Å². The standard InChI is InChI=1S/C21H35N3O3/c1-22-21(24-12-7-14-26-17-20-10-15-27-18-20)23-11-5-6-13-25-16-19-8-3-2-4-9-19/h2-4,8-9,20H,5-7,10-18H2,1H3,(H2,22,23,24). The molecular weight excluding hydrogens is 342 g/mol. The van der Waals surface area contributed by atoms with Gasteiger partial charge in [-0.15, -0.1) is 0 Å². The van der Waals surface area contributed by atoms with Crippen LogP contribution < -0.4 is 10.6 Å². The van der Waals surface area contributed by atoms with E-state index in [1.165, 1.54) is 5.56 Å². The molecule has 6 heteroatoms. The number of guanidine groups is 1. The van der Waals surface area contributed by atoms with Gasteiger partial charge in [-0.1, -0.05) is 30.3 Å². The first-order valence-corrected chi connectivity index (χ1v) is 10.1. The van der Waals surface area contributed by atoms with Crippen LogP contribution in [0.1, 0.15) is 31.2 Å². The largest absolute Gasteiger partial charge is 0.381 e. The van der Waals surface area contributed by atoms with Gasteiger partial charge in [-0.3, -0.25) is 4.99 Å². The number of ether oxygens (including phenoxy) is 3. The van der Waals surface area contributed by atoms with Crippen LogP contribution in [0.3, 0.4) is 0 Å². The molecule has 1 aromatic carbocycles. The zero-order valence-corrected chi connectivity index (χ0v) is 16.6. The Bertz CT molecular complexity index is 505. The van der Waals surface area contributed by atoms with Crippen LogP contribution in [0, 0.1) is 5.92 Å². The van der Waals surface area contributed by atoms with Crippen LogP contribution in [0.5, 0.6) is 0 Å². The van der Waals surface area contributed by atoms with Crippen LogP contribution in [0.4, 0.5) is 0 Å². The van der Waals surface area contributed by atoms with Gasteiger partial charge in [-0.2, -0.15) is 0 Å². The predicted octanol–water partition coefficient (Wildman–Crippen LogP) is 2.59. The van der Waals surface area contributed by atoms with Gasteiger partial charge in [0.25, 0.3) is 0 Å². The van der Waals surface area contributed by atoms with Crippen LogP contribution in [0.15, 0.2) is 35.3 Å². The third kappa shape index (κ3) is 10.3. The highest BCUT2D eigenvalue weighted by atomic mass is 16.5. The summed E-state index contributed by atoms with van der Waals surface area (Å²) in [6.45, 7) is 6.56. The Balaban J connectivity index is 1.37. The Hall–Kier alpha value is -1.63. The Morgan fingerprint density at radius 3 is 2.59 bits per heavy atom. The molecule has 6 nitrogen and oxygen atoms in total. The molecule has 0 aromatic heterocycles. The average Bonchev–Trinajstić information content (AvgIpc) is 3.22. The van der Waals surface area contributed by atoms with Crippen molar-refractivity contribution in [2.24, 2.45) is 10.9 Å². The number of aliphatic imine (C=N–C) groups is 1. The summed E-state index contributed by atoms with van der Waals surface area (Å²) in [5.41, 5.74) is 1.22. The summed E-state index contributed by atoms with van der Waals surface area (Å²) in [5.74, 6) is 1.44. The van der Waals surface area contributed by atoms with Crippen molar-refractivity contribution in [2.45, 2.75) is 32.3 Å². The maximum absolute atomic E-state index is 5.71. The first kappa shape index (κ1) is 21.7. The molecule has 2 rings (SSSR count). The lowest BCUT2D eigenvalue weighted by atomic mass is 10.1. The minimum absolute atomic E-state index is 0.587. The molecule has 0 saturated carbocycles. The number of nitrogens with zero attached hydrogens (tertiary/aromatic N) is 1. The van der Waals surface area contributed by atoms with Crippen LogP contribution in [-0.4, -0.2) is 59.1 Å². The van der Waals surface area contributed by atoms with Gasteiger partial charge < -0.3 is 24.8 Å². The average molecular weight is 378 g/mol. The molecule has 1 saturated heterocycles. The maximum atomic E-state index is 5.71. The normalized spacial score (nSPS) is 17.2. The summed E-state index contributed by atoms with van der Waals surface area (Å²) in [5, 5.41) is 6.66. The minimum atomic E-state index is 0.587. The molecule has 0 amide bonds. The summed E-state index contributed by atoms with van der Waals surface area (Å²) >= 11 is 0. The van der Waals surface area contributed by atoms with Crippen molar-refractivity contribution in [1.82, 2.24) is 10.6 Å². The predicted molar refractivity (Wildman–Crippen MR) is 109 cm³/mol. The van der Waals surface area contributed by atoms with Gasteiger partial charge in [0, 0.05) is 45.9 Å². The highest BCUT2D eigenvalue weighted by molar-refractivity contribution is 5.79. The Labute approximate surface area is 163 Å². The highest BCUT2D eigenvalue weighted by Crippen LogP contribution is 2.12. The fourth-order valence-electron chi connectivity index (χ4n) is 2.87. The van der Waals surface area contributed by atoms with Gasteiger partial charge in [-0.25, -0.2) is 0 Å². The molecule has 1 aliphatic heterocycles. The zero-order chi connectivity index (χ0) is 19.0. The lowest BCUT2D eigenvalue weighted by Crippen LogP contribution is -2.38. The summed E-state index contributed by atoms with van der Waals surface area (Å²) in [6.07, 6.45) is 4.20. The molecule has 27 heavy (non-hydrogen) atoms. The van der Waals surface area contributed by atoms with E-state index in [1.54, 1.807) is 7.05 Å². The smallest absolute Gasteiger partial charge is 0.190 e. The van der Waals surface area contributed by atoms with Gasteiger partial charge in [0.05, 0.1) is 19.8 Å². The molecule has 0 aliphatic carbocycles. The van der Waals surface area contributed by atoms with Crippen molar-refractivity contribution in [3.8, 4) is 0 Å². The second kappa shape index (κ2) is 14.4. The van der Waals surface area contributed by atoms with Crippen molar-refractivity contribution in [1.29, 1.82) is 0 Å². The monoisotopic (exact) mass is 377 g/mol. The van der Waals surface area contributed by atoms with E-state index >= 15 is 0 Å². The molecule has 1 fully saturated rings. The van der Waals surface area contributed by atoms with E-state index in [0.717, 1.165) is 77.8 Å². The molecule has 1 heterocycles. The third-order valence-electron chi connectivity index (χ3n) is 4.48. The van der Waals surface area contributed by atoms with E-state index in [1.807, 2.05) is 18.2 Å². The fraction of sp³-hybridized carbons (Fsp3) is 0.667. The molecular formula is C21H35N3O3.